The van der Waals surface area contributed by atoms with Gasteiger partial charge in [0.15, 0.2) is 9.84 Å². The monoisotopic (exact) mass is 255 g/mol. The maximum absolute atomic E-state index is 11.3. The van der Waals surface area contributed by atoms with Gasteiger partial charge in [0.2, 0.25) is 0 Å². The van der Waals surface area contributed by atoms with E-state index in [1.54, 1.807) is 6.92 Å². The van der Waals surface area contributed by atoms with Gasteiger partial charge in [0.1, 0.15) is 12.4 Å². The Morgan fingerprint density at radius 3 is 2.94 bits per heavy atom. The van der Waals surface area contributed by atoms with E-state index in [1.165, 1.54) is 0 Å². The first-order valence-electron chi connectivity index (χ1n) is 5.78. The standard InChI is InChI=1S/C12H17NO3S/c1-2-17(14,15)8-7-13-11-9-16-12-6-4-3-5-10(11)12/h3-6,11,13H,2,7-9H2,1H3. The lowest BCUT2D eigenvalue weighted by Gasteiger charge is -2.11. The van der Waals surface area contributed by atoms with Crippen LogP contribution in [0, 0.1) is 0 Å². The van der Waals surface area contributed by atoms with E-state index in [0.717, 1.165) is 11.3 Å². The Bertz CT molecular complexity index is 484. The van der Waals surface area contributed by atoms with Crippen LogP contribution in [0.4, 0.5) is 0 Å². The summed E-state index contributed by atoms with van der Waals surface area (Å²) in [7, 11) is -2.89. The van der Waals surface area contributed by atoms with E-state index in [1.807, 2.05) is 24.3 Å². The van der Waals surface area contributed by atoms with Crippen molar-refractivity contribution in [2.75, 3.05) is 24.7 Å². The van der Waals surface area contributed by atoms with Gasteiger partial charge in [-0.1, -0.05) is 25.1 Å². The van der Waals surface area contributed by atoms with Crippen molar-refractivity contribution in [1.29, 1.82) is 0 Å². The molecule has 1 N–H and O–H groups in total. The highest BCUT2D eigenvalue weighted by atomic mass is 32.2. The Morgan fingerprint density at radius 1 is 1.41 bits per heavy atom. The zero-order valence-electron chi connectivity index (χ0n) is 9.85. The first-order chi connectivity index (χ1) is 8.12. The van der Waals surface area contributed by atoms with E-state index < -0.39 is 9.84 Å². The molecule has 1 aliphatic rings. The summed E-state index contributed by atoms with van der Waals surface area (Å²) in [6.07, 6.45) is 0. The summed E-state index contributed by atoms with van der Waals surface area (Å²) in [6.45, 7) is 2.72. The molecule has 5 heteroatoms. The zero-order valence-corrected chi connectivity index (χ0v) is 10.7. The third-order valence-electron chi connectivity index (χ3n) is 2.94. The fourth-order valence-electron chi connectivity index (χ4n) is 1.86. The third kappa shape index (κ3) is 2.98. The van der Waals surface area contributed by atoms with Gasteiger partial charge in [-0.25, -0.2) is 8.42 Å². The van der Waals surface area contributed by atoms with Crippen molar-refractivity contribution in [1.82, 2.24) is 5.32 Å². The molecule has 1 aliphatic heterocycles. The minimum atomic E-state index is -2.89. The number of hydrogen-bond donors (Lipinski definition) is 1. The number of rotatable bonds is 5. The number of fused-ring (bicyclic) bond motifs is 1. The highest BCUT2D eigenvalue weighted by Crippen LogP contribution is 2.31. The SMILES string of the molecule is CCS(=O)(=O)CCNC1COc2ccccc21. The Hall–Kier alpha value is -1.07. The van der Waals surface area contributed by atoms with Crippen molar-refractivity contribution in [2.45, 2.75) is 13.0 Å². The quantitative estimate of drug-likeness (QED) is 0.857. The van der Waals surface area contributed by atoms with Gasteiger partial charge < -0.3 is 10.1 Å². The minimum Gasteiger partial charge on any atom is -0.491 e. The van der Waals surface area contributed by atoms with Gasteiger partial charge in [-0.2, -0.15) is 0 Å². The normalized spacial score (nSPS) is 18.8. The lowest BCUT2D eigenvalue weighted by molar-refractivity contribution is 0.313. The van der Waals surface area contributed by atoms with Crippen LogP contribution < -0.4 is 10.1 Å². The molecule has 0 radical (unpaired) electrons. The summed E-state index contributed by atoms with van der Waals surface area (Å²) in [5, 5.41) is 3.22. The molecule has 1 heterocycles. The molecule has 0 saturated carbocycles. The number of sulfone groups is 1. The van der Waals surface area contributed by atoms with Gasteiger partial charge in [-0.05, 0) is 6.07 Å². The van der Waals surface area contributed by atoms with Crippen molar-refractivity contribution in [3.63, 3.8) is 0 Å². The van der Waals surface area contributed by atoms with Crippen molar-refractivity contribution in [3.8, 4) is 5.75 Å². The molecule has 1 aromatic rings. The second kappa shape index (κ2) is 5.06. The number of benzene rings is 1. The average Bonchev–Trinajstić information content (AvgIpc) is 2.73. The van der Waals surface area contributed by atoms with Crippen LogP contribution in [-0.2, 0) is 9.84 Å². The van der Waals surface area contributed by atoms with Crippen molar-refractivity contribution in [2.24, 2.45) is 0 Å². The third-order valence-corrected chi connectivity index (χ3v) is 4.65. The second-order valence-electron chi connectivity index (χ2n) is 4.09. The smallest absolute Gasteiger partial charge is 0.151 e. The Morgan fingerprint density at radius 2 is 2.18 bits per heavy atom. The summed E-state index contributed by atoms with van der Waals surface area (Å²) in [5.41, 5.74) is 1.11. The van der Waals surface area contributed by atoms with Crippen LogP contribution in [0.25, 0.3) is 0 Å². The van der Waals surface area contributed by atoms with E-state index in [9.17, 15) is 8.42 Å². The zero-order chi connectivity index (χ0) is 12.3. The molecule has 0 amide bonds. The minimum absolute atomic E-state index is 0.109. The van der Waals surface area contributed by atoms with Gasteiger partial charge in [-0.3, -0.25) is 0 Å². The maximum Gasteiger partial charge on any atom is 0.151 e. The van der Waals surface area contributed by atoms with Crippen LogP contribution in [0.3, 0.4) is 0 Å². The fourth-order valence-corrected chi connectivity index (χ4v) is 2.58. The lowest BCUT2D eigenvalue weighted by Crippen LogP contribution is -2.28. The Kier molecular flexibility index (Phi) is 3.69. The molecule has 1 atom stereocenters. The molecule has 0 spiro atoms. The lowest BCUT2D eigenvalue weighted by atomic mass is 10.1. The summed E-state index contributed by atoms with van der Waals surface area (Å²) < 4.78 is 28.2. The predicted octanol–water partition coefficient (Wildman–Crippen LogP) is 1.14. The molecular formula is C12H17NO3S. The molecule has 1 aromatic carbocycles. The van der Waals surface area contributed by atoms with E-state index in [2.05, 4.69) is 5.32 Å². The average molecular weight is 255 g/mol. The number of para-hydroxylation sites is 1. The molecule has 0 fully saturated rings. The number of nitrogens with one attached hydrogen (secondary N) is 1. The first-order valence-corrected chi connectivity index (χ1v) is 7.60. The van der Waals surface area contributed by atoms with Crippen LogP contribution in [0.1, 0.15) is 18.5 Å². The highest BCUT2D eigenvalue weighted by Gasteiger charge is 2.23. The molecule has 4 nitrogen and oxygen atoms in total. The topological polar surface area (TPSA) is 55.4 Å². The van der Waals surface area contributed by atoms with Gasteiger partial charge >= 0.3 is 0 Å². The Labute approximate surface area is 102 Å². The van der Waals surface area contributed by atoms with Crippen molar-refractivity contribution in [3.05, 3.63) is 29.8 Å². The van der Waals surface area contributed by atoms with Crippen LogP contribution in [0.5, 0.6) is 5.75 Å². The van der Waals surface area contributed by atoms with Gasteiger partial charge in [0.05, 0.1) is 11.8 Å². The summed E-state index contributed by atoms with van der Waals surface area (Å²) in [4.78, 5) is 0. The number of hydrogen-bond acceptors (Lipinski definition) is 4. The largest absolute Gasteiger partial charge is 0.491 e. The second-order valence-corrected chi connectivity index (χ2v) is 6.56. The van der Waals surface area contributed by atoms with E-state index >= 15 is 0 Å². The number of ether oxygens (including phenoxy) is 1. The summed E-state index contributed by atoms with van der Waals surface area (Å²) >= 11 is 0. The van der Waals surface area contributed by atoms with E-state index in [4.69, 9.17) is 4.74 Å². The molecule has 2 rings (SSSR count). The summed E-state index contributed by atoms with van der Waals surface area (Å²) in [5.74, 6) is 1.28. The Balaban J connectivity index is 1.90. The first kappa shape index (κ1) is 12.4. The molecule has 0 aromatic heterocycles. The van der Waals surface area contributed by atoms with E-state index in [0.29, 0.717) is 13.2 Å². The van der Waals surface area contributed by atoms with Crippen molar-refractivity contribution >= 4 is 9.84 Å². The molecule has 0 saturated heterocycles. The van der Waals surface area contributed by atoms with Gasteiger partial charge in [0.25, 0.3) is 0 Å². The predicted molar refractivity (Wildman–Crippen MR) is 67.0 cm³/mol. The molecule has 0 bridgehead atoms. The molecule has 1 unspecified atom stereocenters. The highest BCUT2D eigenvalue weighted by molar-refractivity contribution is 7.91. The van der Waals surface area contributed by atoms with Crippen LogP contribution in [0.15, 0.2) is 24.3 Å². The fraction of sp³-hybridized carbons (Fsp3) is 0.500. The maximum atomic E-state index is 11.3. The molecule has 0 aliphatic carbocycles. The molecule has 94 valence electrons. The van der Waals surface area contributed by atoms with E-state index in [-0.39, 0.29) is 17.5 Å². The van der Waals surface area contributed by atoms with Crippen LogP contribution in [0.2, 0.25) is 0 Å². The van der Waals surface area contributed by atoms with Gasteiger partial charge in [0, 0.05) is 17.9 Å². The van der Waals surface area contributed by atoms with Crippen LogP contribution in [-0.4, -0.2) is 33.1 Å². The summed E-state index contributed by atoms with van der Waals surface area (Å²) in [6, 6.07) is 7.94. The van der Waals surface area contributed by atoms with Crippen LogP contribution >= 0.6 is 0 Å². The van der Waals surface area contributed by atoms with Crippen molar-refractivity contribution < 1.29 is 13.2 Å². The molecular weight excluding hydrogens is 238 g/mol. The molecule has 17 heavy (non-hydrogen) atoms. The van der Waals surface area contributed by atoms with Gasteiger partial charge in [-0.15, -0.1) is 0 Å².